The van der Waals surface area contributed by atoms with Crippen LogP contribution in [0.5, 0.6) is 0 Å². The summed E-state index contributed by atoms with van der Waals surface area (Å²) in [6.45, 7) is 0. The maximum absolute atomic E-state index is 13.1. The lowest BCUT2D eigenvalue weighted by molar-refractivity contribution is -0.118. The zero-order valence-electron chi connectivity index (χ0n) is 17.8. The Balaban J connectivity index is 1.89. The quantitative estimate of drug-likeness (QED) is 0.308. The van der Waals surface area contributed by atoms with Crippen LogP contribution in [0.15, 0.2) is 72.0 Å². The maximum Gasteiger partial charge on any atom is 0.259 e. The van der Waals surface area contributed by atoms with E-state index in [2.05, 4.69) is 16.2 Å². The van der Waals surface area contributed by atoms with Crippen LogP contribution in [0.1, 0.15) is 16.7 Å². The van der Waals surface area contributed by atoms with E-state index in [0.717, 1.165) is 17.4 Å². The Bertz CT molecular complexity index is 1330. The van der Waals surface area contributed by atoms with Gasteiger partial charge in [-0.3, -0.25) is 4.79 Å². The van der Waals surface area contributed by atoms with Crippen molar-refractivity contribution >= 4 is 28.0 Å². The van der Waals surface area contributed by atoms with E-state index in [1.54, 1.807) is 54.6 Å². The highest BCUT2D eigenvalue weighted by Gasteiger charge is 2.31. The van der Waals surface area contributed by atoms with Crippen molar-refractivity contribution in [3.63, 3.8) is 0 Å². The van der Waals surface area contributed by atoms with E-state index in [9.17, 15) is 18.5 Å². The van der Waals surface area contributed by atoms with Crippen LogP contribution in [0.2, 0.25) is 0 Å². The van der Waals surface area contributed by atoms with Crippen molar-refractivity contribution < 1.29 is 13.2 Å². The molecule has 0 aliphatic carbocycles. The number of nitrogens with zero attached hydrogens (tertiary/aromatic N) is 4. The molecule has 3 rings (SSSR count). The topological polar surface area (TPSA) is 156 Å². The summed E-state index contributed by atoms with van der Waals surface area (Å²) in [5.74, 6) is 4.28. The molecular formula is C23H22N6O3S. The molecule has 0 saturated heterocycles. The number of carbonyl (C=O) groups excluding carboxylic acids is 1. The fourth-order valence-corrected chi connectivity index (χ4v) is 4.23. The highest BCUT2D eigenvalue weighted by Crippen LogP contribution is 2.25. The number of hydrogen-bond donors (Lipinski definition) is 2. The number of nitrogens with two attached hydrogens (primary N) is 2. The van der Waals surface area contributed by atoms with Gasteiger partial charge in [-0.1, -0.05) is 42.5 Å². The molecule has 1 atom stereocenters. The molecule has 10 heteroatoms. The van der Waals surface area contributed by atoms with Gasteiger partial charge < -0.3 is 11.6 Å². The Morgan fingerprint density at radius 2 is 1.97 bits per heavy atom. The Kier molecular flexibility index (Phi) is 7.17. The second-order valence-corrected chi connectivity index (χ2v) is 9.09. The number of hydrazone groups is 1. The summed E-state index contributed by atoms with van der Waals surface area (Å²) in [5, 5.41) is 12.8. The molecule has 0 aliphatic heterocycles. The van der Waals surface area contributed by atoms with Gasteiger partial charge in [0, 0.05) is 17.3 Å². The van der Waals surface area contributed by atoms with Crippen molar-refractivity contribution in [3.05, 3.63) is 83.6 Å². The van der Waals surface area contributed by atoms with Crippen molar-refractivity contribution in [2.24, 2.45) is 16.7 Å². The van der Waals surface area contributed by atoms with Gasteiger partial charge in [-0.2, -0.15) is 14.7 Å². The van der Waals surface area contributed by atoms with Crippen LogP contribution in [0.4, 0.5) is 5.82 Å². The second kappa shape index (κ2) is 10.0. The SMILES string of the molecule is CS(=O)(=O)N(C(=O)[C@@H](N)Cc1cccc(C=NN)c1)c1ccc(-c2ccccc2C#N)cn1. The van der Waals surface area contributed by atoms with Crippen LogP contribution in [0.25, 0.3) is 11.1 Å². The van der Waals surface area contributed by atoms with E-state index in [4.69, 9.17) is 11.6 Å². The average molecular weight is 463 g/mol. The fraction of sp³-hybridized carbons (Fsp3) is 0.130. The standard InChI is InChI=1S/C23H22N6O3S/c1-33(31,32)29(23(30)21(25)12-16-5-4-6-17(11-16)14-28-26)22-10-9-19(15-27-22)20-8-3-2-7-18(20)13-24/h2-11,14-15,21H,12,25-26H2,1H3/t21-/m0/s1. The van der Waals surface area contributed by atoms with E-state index in [1.807, 2.05) is 0 Å². The summed E-state index contributed by atoms with van der Waals surface area (Å²) in [6.07, 6.45) is 3.88. The van der Waals surface area contributed by atoms with E-state index >= 15 is 0 Å². The van der Waals surface area contributed by atoms with E-state index < -0.39 is 22.0 Å². The van der Waals surface area contributed by atoms with Crippen molar-refractivity contribution in [3.8, 4) is 17.2 Å². The van der Waals surface area contributed by atoms with Crippen molar-refractivity contribution in [2.45, 2.75) is 12.5 Å². The molecule has 168 valence electrons. The fourth-order valence-electron chi connectivity index (χ4n) is 3.32. The number of aromatic nitrogens is 1. The molecule has 0 aliphatic rings. The minimum Gasteiger partial charge on any atom is -0.323 e. The summed E-state index contributed by atoms with van der Waals surface area (Å²) < 4.78 is 25.5. The molecule has 0 fully saturated rings. The van der Waals surface area contributed by atoms with Crippen LogP contribution in [-0.2, 0) is 21.2 Å². The highest BCUT2D eigenvalue weighted by molar-refractivity contribution is 7.92. The van der Waals surface area contributed by atoms with Crippen molar-refractivity contribution in [1.82, 2.24) is 4.98 Å². The molecule has 0 bridgehead atoms. The van der Waals surface area contributed by atoms with Gasteiger partial charge in [-0.05, 0) is 35.7 Å². The van der Waals surface area contributed by atoms with Gasteiger partial charge in [0.05, 0.1) is 30.1 Å². The zero-order chi connectivity index (χ0) is 24.0. The molecule has 2 aromatic carbocycles. The molecule has 1 aromatic heterocycles. The van der Waals surface area contributed by atoms with Gasteiger partial charge in [0.25, 0.3) is 5.91 Å². The lowest BCUT2D eigenvalue weighted by Gasteiger charge is -2.23. The minimum atomic E-state index is -4.01. The first-order chi connectivity index (χ1) is 15.7. The Morgan fingerprint density at radius 1 is 1.21 bits per heavy atom. The monoisotopic (exact) mass is 462 g/mol. The van der Waals surface area contributed by atoms with Gasteiger partial charge in [-0.15, -0.1) is 0 Å². The summed E-state index contributed by atoms with van der Waals surface area (Å²) in [7, 11) is -4.01. The smallest absolute Gasteiger partial charge is 0.259 e. The third kappa shape index (κ3) is 5.60. The minimum absolute atomic E-state index is 0.0832. The molecule has 0 spiro atoms. The first-order valence-corrected chi connectivity index (χ1v) is 11.7. The third-order valence-electron chi connectivity index (χ3n) is 4.79. The summed E-state index contributed by atoms with van der Waals surface area (Å²) in [4.78, 5) is 17.2. The van der Waals surface area contributed by atoms with E-state index in [1.165, 1.54) is 18.5 Å². The lowest BCUT2D eigenvalue weighted by atomic mass is 10.0. The Labute approximate surface area is 192 Å². The zero-order valence-corrected chi connectivity index (χ0v) is 18.6. The molecule has 0 saturated carbocycles. The second-order valence-electron chi connectivity index (χ2n) is 7.26. The number of nitriles is 1. The number of anilines is 1. The van der Waals surface area contributed by atoms with Crippen molar-refractivity contribution in [2.75, 3.05) is 10.6 Å². The number of benzene rings is 2. The molecule has 4 N–H and O–H groups in total. The Morgan fingerprint density at radius 3 is 2.61 bits per heavy atom. The number of sulfonamides is 1. The van der Waals surface area contributed by atoms with Crippen molar-refractivity contribution in [1.29, 1.82) is 5.26 Å². The summed E-state index contributed by atoms with van der Waals surface area (Å²) >= 11 is 0. The molecule has 0 radical (unpaired) electrons. The lowest BCUT2D eigenvalue weighted by Crippen LogP contribution is -2.48. The molecular weight excluding hydrogens is 440 g/mol. The van der Waals surface area contributed by atoms with Gasteiger partial charge in [0.2, 0.25) is 10.0 Å². The van der Waals surface area contributed by atoms with Gasteiger partial charge in [-0.25, -0.2) is 13.4 Å². The van der Waals surface area contributed by atoms with Crippen LogP contribution >= 0.6 is 0 Å². The first-order valence-electron chi connectivity index (χ1n) is 9.82. The normalized spacial score (nSPS) is 12.3. The molecule has 33 heavy (non-hydrogen) atoms. The van der Waals surface area contributed by atoms with Crippen LogP contribution in [0.3, 0.4) is 0 Å². The molecule has 1 amide bonds. The molecule has 0 unspecified atom stereocenters. The molecule has 3 aromatic rings. The molecule has 9 nitrogen and oxygen atoms in total. The van der Waals surface area contributed by atoms with Crippen LogP contribution in [0, 0.1) is 11.3 Å². The van der Waals surface area contributed by atoms with E-state index in [-0.39, 0.29) is 12.2 Å². The third-order valence-corrected chi connectivity index (χ3v) is 5.82. The van der Waals surface area contributed by atoms with Crippen LogP contribution in [-0.4, -0.2) is 37.8 Å². The predicted molar refractivity (Wildman–Crippen MR) is 127 cm³/mol. The maximum atomic E-state index is 13.1. The molecule has 1 heterocycles. The van der Waals surface area contributed by atoms with Gasteiger partial charge in [0.15, 0.2) is 0 Å². The number of carbonyl (C=O) groups is 1. The number of pyridine rings is 1. The highest BCUT2D eigenvalue weighted by atomic mass is 32.2. The predicted octanol–water partition coefficient (Wildman–Crippen LogP) is 1.78. The number of amides is 1. The Hall–Kier alpha value is -4.07. The average Bonchev–Trinajstić information content (AvgIpc) is 2.79. The van der Waals surface area contributed by atoms with E-state index in [0.29, 0.717) is 21.0 Å². The summed E-state index contributed by atoms with van der Waals surface area (Å²) in [5.41, 5.74) is 9.24. The van der Waals surface area contributed by atoms with Crippen LogP contribution < -0.4 is 15.9 Å². The van der Waals surface area contributed by atoms with Gasteiger partial charge in [0.1, 0.15) is 5.82 Å². The largest absolute Gasteiger partial charge is 0.323 e. The summed E-state index contributed by atoms with van der Waals surface area (Å²) in [6, 6.07) is 18.0. The number of hydrogen-bond acceptors (Lipinski definition) is 8. The van der Waals surface area contributed by atoms with Gasteiger partial charge >= 0.3 is 0 Å². The first kappa shape index (κ1) is 23.6. The number of rotatable bonds is 7.